The molecule has 1 aromatic rings. The maximum Gasteiger partial charge on any atom is 0.261 e. The van der Waals surface area contributed by atoms with Crippen molar-refractivity contribution >= 4 is 39.6 Å². The number of carbonyl (C=O) groups excluding carboxylic acids is 4. The van der Waals surface area contributed by atoms with E-state index in [0.29, 0.717) is 56.8 Å². The van der Waals surface area contributed by atoms with Crippen LogP contribution in [-0.4, -0.2) is 84.1 Å². The molecule has 2 aliphatic heterocycles. The molecule has 9 heteroatoms. The highest BCUT2D eigenvalue weighted by molar-refractivity contribution is 9.10. The Hall–Kier alpha value is -2.26. The summed E-state index contributed by atoms with van der Waals surface area (Å²) in [5.41, 5.74) is 0.813. The van der Waals surface area contributed by atoms with Crippen molar-refractivity contribution in [3.05, 3.63) is 33.8 Å². The monoisotopic (exact) mass is 478 g/mol. The number of hydrogen-bond donors (Lipinski definition) is 1. The van der Waals surface area contributed by atoms with Gasteiger partial charge in [0.25, 0.3) is 11.8 Å². The molecule has 2 aliphatic rings. The number of fused-ring (bicyclic) bond motifs is 1. The molecule has 0 aromatic heterocycles. The Morgan fingerprint density at radius 2 is 1.77 bits per heavy atom. The van der Waals surface area contributed by atoms with Crippen LogP contribution >= 0.6 is 15.9 Å². The van der Waals surface area contributed by atoms with Crippen LogP contribution in [0.5, 0.6) is 0 Å². The van der Waals surface area contributed by atoms with Gasteiger partial charge in [-0.05, 0) is 31.0 Å². The van der Waals surface area contributed by atoms with Crippen molar-refractivity contribution < 1.29 is 19.2 Å². The first-order valence-corrected chi connectivity index (χ1v) is 11.1. The standard InChI is InChI=1S/C21H27BrN4O4/c1-2-7-23-18(27)14-24-9-11-25(12-10-24)19(28)4-3-8-26-20(29)16-6-5-15(22)13-17(16)21(26)30/h5-6,13H,2-4,7-12,14H2,1H3,(H,23,27). The highest BCUT2D eigenvalue weighted by atomic mass is 79.9. The number of nitrogens with one attached hydrogen (secondary N) is 1. The Labute approximate surface area is 184 Å². The Balaban J connectivity index is 1.40. The van der Waals surface area contributed by atoms with E-state index in [4.69, 9.17) is 0 Å². The molecule has 2 heterocycles. The maximum absolute atomic E-state index is 12.5. The van der Waals surface area contributed by atoms with Gasteiger partial charge in [-0.25, -0.2) is 0 Å². The van der Waals surface area contributed by atoms with Crippen LogP contribution in [-0.2, 0) is 9.59 Å². The molecule has 1 saturated heterocycles. The van der Waals surface area contributed by atoms with E-state index in [0.717, 1.165) is 10.9 Å². The number of carbonyl (C=O) groups is 4. The lowest BCUT2D eigenvalue weighted by Crippen LogP contribution is -2.51. The number of halogens is 1. The normalized spacial score (nSPS) is 16.7. The van der Waals surface area contributed by atoms with Crippen LogP contribution in [0.4, 0.5) is 0 Å². The highest BCUT2D eigenvalue weighted by Gasteiger charge is 2.35. The molecule has 8 nitrogen and oxygen atoms in total. The fraction of sp³-hybridized carbons (Fsp3) is 0.524. The van der Waals surface area contributed by atoms with Gasteiger partial charge in [0.2, 0.25) is 11.8 Å². The summed E-state index contributed by atoms with van der Waals surface area (Å²) in [5, 5.41) is 2.86. The van der Waals surface area contributed by atoms with Gasteiger partial charge in [-0.15, -0.1) is 0 Å². The number of piperazine rings is 1. The van der Waals surface area contributed by atoms with E-state index in [1.807, 2.05) is 11.8 Å². The quantitative estimate of drug-likeness (QED) is 0.571. The van der Waals surface area contributed by atoms with Crippen molar-refractivity contribution in [2.45, 2.75) is 26.2 Å². The largest absolute Gasteiger partial charge is 0.355 e. The lowest BCUT2D eigenvalue weighted by Gasteiger charge is -2.34. The van der Waals surface area contributed by atoms with E-state index >= 15 is 0 Å². The minimum atomic E-state index is -0.307. The van der Waals surface area contributed by atoms with Crippen molar-refractivity contribution in [3.8, 4) is 0 Å². The van der Waals surface area contributed by atoms with Gasteiger partial charge in [-0.1, -0.05) is 22.9 Å². The van der Waals surface area contributed by atoms with Gasteiger partial charge in [0.1, 0.15) is 0 Å². The third-order valence-corrected chi connectivity index (χ3v) is 5.86. The van der Waals surface area contributed by atoms with Crippen LogP contribution in [0.25, 0.3) is 0 Å². The number of imide groups is 1. The minimum absolute atomic E-state index is 0.0180. The van der Waals surface area contributed by atoms with Crippen LogP contribution in [0, 0.1) is 0 Å². The van der Waals surface area contributed by atoms with Crippen LogP contribution in [0.15, 0.2) is 22.7 Å². The SMILES string of the molecule is CCCNC(=O)CN1CCN(C(=O)CCCN2C(=O)c3ccc(Br)cc3C2=O)CC1. The van der Waals surface area contributed by atoms with E-state index in [1.54, 1.807) is 23.1 Å². The predicted octanol–water partition coefficient (Wildman–Crippen LogP) is 1.50. The Morgan fingerprint density at radius 1 is 1.07 bits per heavy atom. The second-order valence-electron chi connectivity index (χ2n) is 7.56. The molecule has 4 amide bonds. The first-order valence-electron chi connectivity index (χ1n) is 10.3. The third-order valence-electron chi connectivity index (χ3n) is 5.37. The van der Waals surface area contributed by atoms with Crippen LogP contribution in [0.1, 0.15) is 46.9 Å². The van der Waals surface area contributed by atoms with E-state index in [-0.39, 0.29) is 36.6 Å². The summed E-state index contributed by atoms with van der Waals surface area (Å²) >= 11 is 3.32. The summed E-state index contributed by atoms with van der Waals surface area (Å²) in [6.45, 7) is 5.78. The molecule has 0 atom stereocenters. The van der Waals surface area contributed by atoms with Crippen molar-refractivity contribution in [1.29, 1.82) is 0 Å². The molecule has 0 radical (unpaired) electrons. The lowest BCUT2D eigenvalue weighted by molar-refractivity contribution is -0.133. The van der Waals surface area contributed by atoms with E-state index in [9.17, 15) is 19.2 Å². The summed E-state index contributed by atoms with van der Waals surface area (Å²) in [6.07, 6.45) is 1.63. The third kappa shape index (κ3) is 5.26. The van der Waals surface area contributed by atoms with Gasteiger partial charge in [0.05, 0.1) is 17.7 Å². The summed E-state index contributed by atoms with van der Waals surface area (Å²) in [4.78, 5) is 54.3. The number of amides is 4. The molecule has 0 unspecified atom stereocenters. The molecule has 1 aromatic carbocycles. The van der Waals surface area contributed by atoms with Gasteiger partial charge in [-0.2, -0.15) is 0 Å². The first kappa shape index (κ1) is 22.4. The Kier molecular flexibility index (Phi) is 7.60. The van der Waals surface area contributed by atoms with Crippen LogP contribution < -0.4 is 5.32 Å². The zero-order valence-corrected chi connectivity index (χ0v) is 18.7. The van der Waals surface area contributed by atoms with E-state index in [2.05, 4.69) is 21.2 Å². The molecular weight excluding hydrogens is 452 g/mol. The number of nitrogens with zero attached hydrogens (tertiary/aromatic N) is 3. The zero-order valence-electron chi connectivity index (χ0n) is 17.2. The van der Waals surface area contributed by atoms with Crippen molar-refractivity contribution in [2.24, 2.45) is 0 Å². The van der Waals surface area contributed by atoms with E-state index < -0.39 is 0 Å². The molecule has 3 rings (SSSR count). The summed E-state index contributed by atoms with van der Waals surface area (Å²) < 4.78 is 0.751. The molecule has 1 N–H and O–H groups in total. The molecule has 162 valence electrons. The topological polar surface area (TPSA) is 90.0 Å². The molecule has 30 heavy (non-hydrogen) atoms. The molecule has 0 spiro atoms. The average molecular weight is 479 g/mol. The van der Waals surface area contributed by atoms with Gasteiger partial charge < -0.3 is 10.2 Å². The Bertz CT molecular complexity index is 836. The molecule has 0 bridgehead atoms. The first-order chi connectivity index (χ1) is 14.4. The minimum Gasteiger partial charge on any atom is -0.355 e. The molecule has 0 aliphatic carbocycles. The second kappa shape index (κ2) is 10.2. The molecule has 0 saturated carbocycles. The van der Waals surface area contributed by atoms with Crippen LogP contribution in [0.2, 0.25) is 0 Å². The number of hydrogen-bond acceptors (Lipinski definition) is 5. The Morgan fingerprint density at radius 3 is 2.47 bits per heavy atom. The van der Waals surface area contributed by atoms with Crippen molar-refractivity contribution in [2.75, 3.05) is 45.8 Å². The van der Waals surface area contributed by atoms with Gasteiger partial charge in [-0.3, -0.25) is 29.0 Å². The molecule has 1 fully saturated rings. The van der Waals surface area contributed by atoms with Crippen molar-refractivity contribution in [3.63, 3.8) is 0 Å². The van der Waals surface area contributed by atoms with Crippen molar-refractivity contribution in [1.82, 2.24) is 20.0 Å². The van der Waals surface area contributed by atoms with Crippen LogP contribution in [0.3, 0.4) is 0 Å². The highest BCUT2D eigenvalue weighted by Crippen LogP contribution is 2.26. The average Bonchev–Trinajstić information content (AvgIpc) is 2.96. The van der Waals surface area contributed by atoms with Gasteiger partial charge >= 0.3 is 0 Å². The smallest absolute Gasteiger partial charge is 0.261 e. The van der Waals surface area contributed by atoms with Gasteiger partial charge in [0, 0.05) is 50.2 Å². The fourth-order valence-corrected chi connectivity index (χ4v) is 4.05. The zero-order chi connectivity index (χ0) is 21.7. The summed E-state index contributed by atoms with van der Waals surface area (Å²) in [5.74, 6) is -0.572. The molecular formula is C21H27BrN4O4. The summed E-state index contributed by atoms with van der Waals surface area (Å²) in [6, 6.07) is 5.04. The summed E-state index contributed by atoms with van der Waals surface area (Å²) in [7, 11) is 0. The lowest BCUT2D eigenvalue weighted by atomic mass is 10.1. The number of benzene rings is 1. The maximum atomic E-state index is 12.5. The van der Waals surface area contributed by atoms with Gasteiger partial charge in [0.15, 0.2) is 0 Å². The van der Waals surface area contributed by atoms with E-state index in [1.165, 1.54) is 4.90 Å². The fourth-order valence-electron chi connectivity index (χ4n) is 3.69. The second-order valence-corrected chi connectivity index (χ2v) is 8.48. The predicted molar refractivity (Wildman–Crippen MR) is 115 cm³/mol. The number of rotatable bonds is 8.